The zero-order valence-corrected chi connectivity index (χ0v) is 11.1. The molecule has 0 amide bonds. The van der Waals surface area contributed by atoms with E-state index < -0.39 is 12.0 Å². The van der Waals surface area contributed by atoms with Crippen molar-refractivity contribution in [3.05, 3.63) is 29.8 Å². The van der Waals surface area contributed by atoms with Crippen LogP contribution in [0.1, 0.15) is 19.4 Å². The maximum absolute atomic E-state index is 11.3. The van der Waals surface area contributed by atoms with E-state index in [1.165, 1.54) is 0 Å². The molecule has 4 heteroatoms. The maximum atomic E-state index is 11.3. The van der Waals surface area contributed by atoms with Crippen LogP contribution in [-0.2, 0) is 11.2 Å². The molecule has 1 aromatic carbocycles. The first-order valence-electron chi connectivity index (χ1n) is 6.11. The second-order valence-electron chi connectivity index (χ2n) is 5.06. The third-order valence-corrected chi connectivity index (χ3v) is 2.84. The van der Waals surface area contributed by atoms with Gasteiger partial charge in [0.25, 0.3) is 0 Å². The minimum absolute atomic E-state index is 0.196. The van der Waals surface area contributed by atoms with Gasteiger partial charge < -0.3 is 10.2 Å². The molecule has 0 aliphatic carbocycles. The number of aromatic hydroxyl groups is 1. The summed E-state index contributed by atoms with van der Waals surface area (Å²) in [5.74, 6) is -0.191. The fourth-order valence-electron chi connectivity index (χ4n) is 1.99. The van der Waals surface area contributed by atoms with Gasteiger partial charge in [0.2, 0.25) is 0 Å². The molecule has 100 valence electrons. The van der Waals surface area contributed by atoms with E-state index in [0.29, 0.717) is 12.3 Å². The summed E-state index contributed by atoms with van der Waals surface area (Å²) < 4.78 is 0. The smallest absolute Gasteiger partial charge is 0.321 e. The Kier molecular flexibility index (Phi) is 5.16. The highest BCUT2D eigenvalue weighted by Crippen LogP contribution is 2.14. The SMILES string of the molecule is CC(C)CN(C)C(Cc1ccc(O)cc1)C(=O)O. The predicted molar refractivity (Wildman–Crippen MR) is 70.7 cm³/mol. The number of phenolic OH excluding ortho intramolecular Hbond substituents is 1. The number of carboxylic acid groups (broad SMARTS) is 1. The normalized spacial score (nSPS) is 12.9. The van der Waals surface area contributed by atoms with Crippen molar-refractivity contribution in [2.75, 3.05) is 13.6 Å². The molecule has 0 fully saturated rings. The minimum atomic E-state index is -0.814. The zero-order valence-electron chi connectivity index (χ0n) is 11.1. The Morgan fingerprint density at radius 3 is 2.28 bits per heavy atom. The quantitative estimate of drug-likeness (QED) is 0.811. The van der Waals surface area contributed by atoms with Crippen LogP contribution in [0.15, 0.2) is 24.3 Å². The lowest BCUT2D eigenvalue weighted by Gasteiger charge is -2.26. The number of aliphatic carboxylic acids is 1. The standard InChI is InChI=1S/C14H21NO3/c1-10(2)9-15(3)13(14(17)18)8-11-4-6-12(16)7-5-11/h4-7,10,13,16H,8-9H2,1-3H3,(H,17,18). The van der Waals surface area contributed by atoms with Gasteiger partial charge in [-0.25, -0.2) is 0 Å². The van der Waals surface area contributed by atoms with Crippen molar-refractivity contribution in [1.29, 1.82) is 0 Å². The topological polar surface area (TPSA) is 60.8 Å². The molecule has 4 nitrogen and oxygen atoms in total. The van der Waals surface area contributed by atoms with Crippen LogP contribution in [0.25, 0.3) is 0 Å². The molecule has 0 aliphatic heterocycles. The molecule has 1 rings (SSSR count). The zero-order chi connectivity index (χ0) is 13.7. The van der Waals surface area contributed by atoms with Crippen LogP contribution in [0.4, 0.5) is 0 Å². The molecule has 1 atom stereocenters. The second-order valence-corrected chi connectivity index (χ2v) is 5.06. The Balaban J connectivity index is 2.74. The van der Waals surface area contributed by atoms with Gasteiger partial charge in [-0.1, -0.05) is 26.0 Å². The first kappa shape index (κ1) is 14.5. The summed E-state index contributed by atoms with van der Waals surface area (Å²) in [5, 5.41) is 18.5. The molecule has 0 aliphatic rings. The van der Waals surface area contributed by atoms with Crippen molar-refractivity contribution in [3.8, 4) is 5.75 Å². The molecule has 1 unspecified atom stereocenters. The summed E-state index contributed by atoms with van der Waals surface area (Å²) in [6, 6.07) is 6.15. The molecule has 0 saturated heterocycles. The minimum Gasteiger partial charge on any atom is -0.508 e. The van der Waals surface area contributed by atoms with Gasteiger partial charge in [0.1, 0.15) is 11.8 Å². The number of phenols is 1. The van der Waals surface area contributed by atoms with Crippen molar-refractivity contribution in [3.63, 3.8) is 0 Å². The van der Waals surface area contributed by atoms with E-state index in [-0.39, 0.29) is 5.75 Å². The van der Waals surface area contributed by atoms with Gasteiger partial charge >= 0.3 is 5.97 Å². The number of nitrogens with zero attached hydrogens (tertiary/aromatic N) is 1. The number of likely N-dealkylation sites (N-methyl/N-ethyl adjacent to an activating group) is 1. The van der Waals surface area contributed by atoms with Crippen LogP contribution in [0, 0.1) is 5.92 Å². The Morgan fingerprint density at radius 2 is 1.83 bits per heavy atom. The molecular formula is C14H21NO3. The van der Waals surface area contributed by atoms with Gasteiger partial charge in [-0.2, -0.15) is 0 Å². The van der Waals surface area contributed by atoms with Crippen molar-refractivity contribution >= 4 is 5.97 Å². The van der Waals surface area contributed by atoms with E-state index in [2.05, 4.69) is 13.8 Å². The highest BCUT2D eigenvalue weighted by Gasteiger charge is 2.23. The van der Waals surface area contributed by atoms with E-state index in [1.54, 1.807) is 24.3 Å². The van der Waals surface area contributed by atoms with Crippen LogP contribution in [0.2, 0.25) is 0 Å². The van der Waals surface area contributed by atoms with Crippen LogP contribution < -0.4 is 0 Å². The van der Waals surface area contributed by atoms with Gasteiger partial charge in [0.15, 0.2) is 0 Å². The Morgan fingerprint density at radius 1 is 1.28 bits per heavy atom. The molecule has 18 heavy (non-hydrogen) atoms. The predicted octanol–water partition coefficient (Wildman–Crippen LogP) is 1.98. The first-order chi connectivity index (χ1) is 8.40. The Hall–Kier alpha value is -1.55. The second kappa shape index (κ2) is 6.40. The Labute approximate surface area is 108 Å². The Bertz CT molecular complexity index is 387. The molecule has 0 saturated carbocycles. The molecule has 0 bridgehead atoms. The van der Waals surface area contributed by atoms with Crippen LogP contribution in [-0.4, -0.2) is 40.7 Å². The van der Waals surface area contributed by atoms with Gasteiger partial charge in [-0.15, -0.1) is 0 Å². The van der Waals surface area contributed by atoms with Crippen molar-refractivity contribution < 1.29 is 15.0 Å². The summed E-state index contributed by atoms with van der Waals surface area (Å²) in [4.78, 5) is 13.2. The number of hydrogen-bond donors (Lipinski definition) is 2. The molecule has 0 heterocycles. The summed E-state index contributed by atoms with van der Waals surface area (Å²) in [5.41, 5.74) is 0.913. The summed E-state index contributed by atoms with van der Waals surface area (Å²) in [7, 11) is 1.83. The van der Waals surface area contributed by atoms with Crippen molar-refractivity contribution in [1.82, 2.24) is 4.90 Å². The average molecular weight is 251 g/mol. The number of carboxylic acids is 1. The summed E-state index contributed by atoms with van der Waals surface area (Å²) in [6.45, 7) is 4.88. The van der Waals surface area contributed by atoms with E-state index >= 15 is 0 Å². The lowest BCUT2D eigenvalue weighted by molar-refractivity contribution is -0.142. The summed E-state index contributed by atoms with van der Waals surface area (Å²) >= 11 is 0. The van der Waals surface area contributed by atoms with Gasteiger partial charge in [-0.05, 0) is 37.1 Å². The largest absolute Gasteiger partial charge is 0.508 e. The van der Waals surface area contributed by atoms with Crippen LogP contribution in [0.3, 0.4) is 0 Å². The molecule has 1 aromatic rings. The first-order valence-corrected chi connectivity index (χ1v) is 6.11. The number of benzene rings is 1. The third-order valence-electron chi connectivity index (χ3n) is 2.84. The third kappa shape index (κ3) is 4.37. The number of hydrogen-bond acceptors (Lipinski definition) is 3. The highest BCUT2D eigenvalue weighted by molar-refractivity contribution is 5.73. The van der Waals surface area contributed by atoms with E-state index in [1.807, 2.05) is 11.9 Å². The van der Waals surface area contributed by atoms with E-state index in [0.717, 1.165) is 12.1 Å². The average Bonchev–Trinajstić information content (AvgIpc) is 2.26. The van der Waals surface area contributed by atoms with Gasteiger partial charge in [0.05, 0.1) is 0 Å². The van der Waals surface area contributed by atoms with Crippen molar-refractivity contribution in [2.45, 2.75) is 26.3 Å². The summed E-state index contributed by atoms with van der Waals surface area (Å²) in [6.07, 6.45) is 0.443. The van der Waals surface area contributed by atoms with Crippen LogP contribution >= 0.6 is 0 Å². The lowest BCUT2D eigenvalue weighted by Crippen LogP contribution is -2.41. The highest BCUT2D eigenvalue weighted by atomic mass is 16.4. The molecule has 0 spiro atoms. The number of rotatable bonds is 6. The fourth-order valence-corrected chi connectivity index (χ4v) is 1.99. The fraction of sp³-hybridized carbons (Fsp3) is 0.500. The van der Waals surface area contributed by atoms with Crippen molar-refractivity contribution in [2.24, 2.45) is 5.92 Å². The molecule has 0 aromatic heterocycles. The maximum Gasteiger partial charge on any atom is 0.321 e. The molecule has 0 radical (unpaired) electrons. The lowest BCUT2D eigenvalue weighted by atomic mass is 10.0. The van der Waals surface area contributed by atoms with Gasteiger partial charge in [-0.3, -0.25) is 9.69 Å². The number of carbonyl (C=O) groups is 1. The van der Waals surface area contributed by atoms with Crippen LogP contribution in [0.5, 0.6) is 5.75 Å². The molecule has 2 N–H and O–H groups in total. The van der Waals surface area contributed by atoms with E-state index in [9.17, 15) is 15.0 Å². The van der Waals surface area contributed by atoms with Gasteiger partial charge in [0, 0.05) is 6.54 Å². The monoisotopic (exact) mass is 251 g/mol. The van der Waals surface area contributed by atoms with E-state index in [4.69, 9.17) is 0 Å². The molecular weight excluding hydrogens is 230 g/mol.